The molecule has 2 aromatic heterocycles. The predicted molar refractivity (Wildman–Crippen MR) is 73.3 cm³/mol. The monoisotopic (exact) mass is 278 g/mol. The first-order valence-corrected chi connectivity index (χ1v) is 6.56. The molecule has 0 aromatic carbocycles. The van der Waals surface area contributed by atoms with Gasteiger partial charge in [0.1, 0.15) is 5.76 Å². The Kier molecular flexibility index (Phi) is 4.58. The maximum atomic E-state index is 11.9. The summed E-state index contributed by atoms with van der Waals surface area (Å²) in [6.07, 6.45) is 4.23. The van der Waals surface area contributed by atoms with E-state index in [0.29, 0.717) is 23.9 Å². The van der Waals surface area contributed by atoms with Crippen molar-refractivity contribution in [2.45, 2.75) is 19.2 Å². The van der Waals surface area contributed by atoms with Crippen molar-refractivity contribution in [2.75, 3.05) is 6.54 Å². The lowest BCUT2D eigenvalue weighted by Gasteiger charge is -2.02. The number of rotatable bonds is 5. The molecule has 0 saturated carbocycles. The maximum absolute atomic E-state index is 11.9. The van der Waals surface area contributed by atoms with Crippen molar-refractivity contribution in [3.8, 4) is 0 Å². The molecule has 1 N–H and O–H groups in total. The molecule has 0 aliphatic carbocycles. The number of furan rings is 1. The molecule has 1 amide bonds. The zero-order valence-electron chi connectivity index (χ0n) is 10.6. The van der Waals surface area contributed by atoms with Gasteiger partial charge in [-0.15, -0.1) is 11.6 Å². The highest BCUT2D eigenvalue weighted by atomic mass is 35.5. The molecular weight excluding hydrogens is 264 g/mol. The smallest absolute Gasteiger partial charge is 0.287 e. The topological polar surface area (TPSA) is 55.1 Å². The molecule has 2 rings (SSSR count). The summed E-state index contributed by atoms with van der Waals surface area (Å²) in [6.45, 7) is 2.35. The van der Waals surface area contributed by atoms with Gasteiger partial charge in [0.25, 0.3) is 5.91 Å². The summed E-state index contributed by atoms with van der Waals surface area (Å²) < 4.78 is 5.36. The highest BCUT2D eigenvalue weighted by Crippen LogP contribution is 2.16. The predicted octanol–water partition coefficient (Wildman–Crippen LogP) is 2.69. The van der Waals surface area contributed by atoms with Crippen molar-refractivity contribution in [2.24, 2.45) is 0 Å². The summed E-state index contributed by atoms with van der Waals surface area (Å²) in [6, 6.07) is 5.54. The van der Waals surface area contributed by atoms with Crippen molar-refractivity contribution >= 4 is 17.5 Å². The maximum Gasteiger partial charge on any atom is 0.287 e. The van der Waals surface area contributed by atoms with Crippen LogP contribution in [0.4, 0.5) is 0 Å². The summed E-state index contributed by atoms with van der Waals surface area (Å²) in [5.41, 5.74) is 1.98. The Labute approximate surface area is 116 Å². The van der Waals surface area contributed by atoms with Gasteiger partial charge in [0, 0.05) is 24.5 Å². The minimum absolute atomic E-state index is 0.214. The second-order valence-electron chi connectivity index (χ2n) is 4.19. The molecule has 2 aromatic rings. The summed E-state index contributed by atoms with van der Waals surface area (Å²) >= 11 is 5.74. The van der Waals surface area contributed by atoms with Crippen LogP contribution in [0.2, 0.25) is 0 Å². The zero-order valence-corrected chi connectivity index (χ0v) is 11.4. The van der Waals surface area contributed by atoms with Gasteiger partial charge < -0.3 is 9.73 Å². The Hall–Kier alpha value is -1.81. The van der Waals surface area contributed by atoms with Crippen LogP contribution < -0.4 is 5.32 Å². The van der Waals surface area contributed by atoms with E-state index in [1.54, 1.807) is 25.4 Å². The van der Waals surface area contributed by atoms with Gasteiger partial charge in [0.2, 0.25) is 0 Å². The quantitative estimate of drug-likeness (QED) is 0.856. The summed E-state index contributed by atoms with van der Waals surface area (Å²) in [5.74, 6) is 1.13. The van der Waals surface area contributed by atoms with Crippen LogP contribution in [0, 0.1) is 6.92 Å². The van der Waals surface area contributed by atoms with Crippen LogP contribution in [-0.4, -0.2) is 17.4 Å². The molecule has 19 heavy (non-hydrogen) atoms. The van der Waals surface area contributed by atoms with Gasteiger partial charge in [-0.05, 0) is 37.1 Å². The first-order chi connectivity index (χ1) is 9.20. The summed E-state index contributed by atoms with van der Waals surface area (Å²) in [7, 11) is 0. The third-order valence-electron chi connectivity index (χ3n) is 2.84. The van der Waals surface area contributed by atoms with Crippen LogP contribution in [0.15, 0.2) is 35.0 Å². The second kappa shape index (κ2) is 6.38. The van der Waals surface area contributed by atoms with E-state index in [4.69, 9.17) is 16.0 Å². The lowest BCUT2D eigenvalue weighted by molar-refractivity contribution is 0.0925. The highest BCUT2D eigenvalue weighted by molar-refractivity contribution is 6.17. The lowest BCUT2D eigenvalue weighted by Crippen LogP contribution is -2.25. The molecule has 0 bridgehead atoms. The number of carbonyl (C=O) groups is 1. The molecule has 0 radical (unpaired) electrons. The van der Waals surface area contributed by atoms with E-state index in [1.165, 1.54) is 0 Å². The number of aromatic nitrogens is 1. The second-order valence-corrected chi connectivity index (χ2v) is 4.45. The number of alkyl halides is 1. The molecule has 2 heterocycles. The van der Waals surface area contributed by atoms with Gasteiger partial charge in [0.15, 0.2) is 5.76 Å². The molecule has 0 aliphatic heterocycles. The van der Waals surface area contributed by atoms with Gasteiger partial charge in [-0.25, -0.2) is 0 Å². The van der Waals surface area contributed by atoms with Gasteiger partial charge in [0.05, 0.1) is 5.88 Å². The molecule has 0 saturated heterocycles. The fraction of sp³-hybridized carbons (Fsp3) is 0.286. The van der Waals surface area contributed by atoms with Crippen molar-refractivity contribution in [1.29, 1.82) is 0 Å². The standard InChI is InChI=1S/C14H15ClN2O2/c1-10-12(9-15)8-13(19-10)14(18)17-7-4-11-2-5-16-6-3-11/h2-3,5-6,8H,4,7,9H2,1H3,(H,17,18). The number of hydrogen-bond acceptors (Lipinski definition) is 3. The Morgan fingerprint density at radius 3 is 2.79 bits per heavy atom. The van der Waals surface area contributed by atoms with Gasteiger partial charge in [-0.2, -0.15) is 0 Å². The molecule has 5 heteroatoms. The van der Waals surface area contributed by atoms with Crippen molar-refractivity contribution in [3.05, 3.63) is 53.2 Å². The lowest BCUT2D eigenvalue weighted by atomic mass is 10.2. The molecule has 0 atom stereocenters. The fourth-order valence-electron chi connectivity index (χ4n) is 1.72. The summed E-state index contributed by atoms with van der Waals surface area (Å²) in [5, 5.41) is 2.82. The van der Waals surface area contributed by atoms with E-state index in [9.17, 15) is 4.79 Å². The first-order valence-electron chi connectivity index (χ1n) is 6.03. The average Bonchev–Trinajstić information content (AvgIpc) is 2.81. The van der Waals surface area contributed by atoms with E-state index in [2.05, 4.69) is 10.3 Å². The van der Waals surface area contributed by atoms with Gasteiger partial charge in [-0.1, -0.05) is 0 Å². The molecular formula is C14H15ClN2O2. The third-order valence-corrected chi connectivity index (χ3v) is 3.12. The van der Waals surface area contributed by atoms with Crippen molar-refractivity contribution < 1.29 is 9.21 Å². The molecule has 4 nitrogen and oxygen atoms in total. The van der Waals surface area contributed by atoms with Crippen LogP contribution >= 0.6 is 11.6 Å². The van der Waals surface area contributed by atoms with Crippen molar-refractivity contribution in [3.63, 3.8) is 0 Å². The average molecular weight is 279 g/mol. The van der Waals surface area contributed by atoms with Crippen LogP contribution in [0.3, 0.4) is 0 Å². The normalized spacial score (nSPS) is 10.4. The number of hydrogen-bond donors (Lipinski definition) is 1. The fourth-order valence-corrected chi connectivity index (χ4v) is 1.99. The van der Waals surface area contributed by atoms with Crippen LogP contribution in [0.5, 0.6) is 0 Å². The van der Waals surface area contributed by atoms with Gasteiger partial charge >= 0.3 is 0 Å². The number of pyridine rings is 1. The Morgan fingerprint density at radius 1 is 1.42 bits per heavy atom. The SMILES string of the molecule is Cc1oc(C(=O)NCCc2ccncc2)cc1CCl. The largest absolute Gasteiger partial charge is 0.456 e. The van der Waals surface area contributed by atoms with E-state index in [0.717, 1.165) is 17.5 Å². The van der Waals surface area contributed by atoms with E-state index in [-0.39, 0.29) is 5.91 Å². The van der Waals surface area contributed by atoms with Crippen LogP contribution in [0.1, 0.15) is 27.4 Å². The van der Waals surface area contributed by atoms with E-state index < -0.39 is 0 Å². The molecule has 100 valence electrons. The van der Waals surface area contributed by atoms with Crippen LogP contribution in [0.25, 0.3) is 0 Å². The third kappa shape index (κ3) is 3.58. The van der Waals surface area contributed by atoms with Gasteiger partial charge in [-0.3, -0.25) is 9.78 Å². The Morgan fingerprint density at radius 2 is 2.16 bits per heavy atom. The number of aryl methyl sites for hydroxylation is 1. The Bertz CT molecular complexity index is 552. The van der Waals surface area contributed by atoms with Crippen molar-refractivity contribution in [1.82, 2.24) is 10.3 Å². The minimum Gasteiger partial charge on any atom is -0.456 e. The zero-order chi connectivity index (χ0) is 13.7. The number of halogens is 1. The molecule has 0 aliphatic rings. The first kappa shape index (κ1) is 13.6. The molecule has 0 fully saturated rings. The number of amides is 1. The van der Waals surface area contributed by atoms with E-state index in [1.807, 2.05) is 12.1 Å². The Balaban J connectivity index is 1.87. The number of nitrogens with zero attached hydrogens (tertiary/aromatic N) is 1. The highest BCUT2D eigenvalue weighted by Gasteiger charge is 2.13. The van der Waals surface area contributed by atoms with E-state index >= 15 is 0 Å². The number of nitrogens with one attached hydrogen (secondary N) is 1. The number of carbonyl (C=O) groups excluding carboxylic acids is 1. The summed E-state index contributed by atoms with van der Waals surface area (Å²) in [4.78, 5) is 15.8. The van der Waals surface area contributed by atoms with Crippen LogP contribution in [-0.2, 0) is 12.3 Å². The molecule has 0 spiro atoms. The minimum atomic E-state index is -0.214. The molecule has 0 unspecified atom stereocenters.